The third-order valence-electron chi connectivity index (χ3n) is 14.1. The van der Waals surface area contributed by atoms with Crippen molar-refractivity contribution in [2.24, 2.45) is 0 Å². The van der Waals surface area contributed by atoms with Crippen molar-refractivity contribution in [1.29, 1.82) is 0 Å². The van der Waals surface area contributed by atoms with Gasteiger partial charge < -0.3 is 14.5 Å². The molecule has 0 spiro atoms. The maximum atomic E-state index is 7.07. The second-order valence-electron chi connectivity index (χ2n) is 18.0. The Labute approximate surface area is 380 Å². The van der Waals surface area contributed by atoms with Gasteiger partial charge in [0, 0.05) is 39.2 Å². The van der Waals surface area contributed by atoms with Gasteiger partial charge in [-0.1, -0.05) is 172 Å². The molecule has 0 amide bonds. The normalized spacial score (nSPS) is 13.6. The van der Waals surface area contributed by atoms with Gasteiger partial charge in [0.15, 0.2) is 0 Å². The summed E-state index contributed by atoms with van der Waals surface area (Å²) in [6.07, 6.45) is 0. The van der Waals surface area contributed by atoms with Crippen LogP contribution in [0.15, 0.2) is 224 Å². The standard InChI is InChI=1S/C61H43BN2O/c1-61(2)50-38-53-58(65-57-28-16-27-55-60(57)62(53)52-25-14-15-26-54(52)64(55)44-21-10-5-11-22-44)37-49(50)59-48-24-13-12-23-47(48)56(39-51(59)61)63(45-33-29-42(30-34-45)40-17-6-3-7-18-40)46-35-31-43(32-36-46)41-19-8-4-9-20-41/h3-39H,1-2H3. The molecule has 0 unspecified atom stereocenters. The van der Waals surface area contributed by atoms with Crippen LogP contribution in [0.2, 0.25) is 0 Å². The zero-order chi connectivity index (χ0) is 43.2. The Morgan fingerprint density at radius 2 is 1.00 bits per heavy atom. The van der Waals surface area contributed by atoms with Crippen LogP contribution in [-0.4, -0.2) is 6.71 Å². The molecule has 0 radical (unpaired) electrons. The monoisotopic (exact) mass is 830 g/mol. The van der Waals surface area contributed by atoms with Gasteiger partial charge in [-0.15, -0.1) is 0 Å². The van der Waals surface area contributed by atoms with Gasteiger partial charge in [-0.25, -0.2) is 0 Å². The lowest BCUT2D eigenvalue weighted by molar-refractivity contribution is 0.487. The van der Waals surface area contributed by atoms with E-state index < -0.39 is 0 Å². The van der Waals surface area contributed by atoms with Gasteiger partial charge in [-0.3, -0.25) is 0 Å². The minimum absolute atomic E-state index is 0.0198. The number of hydrogen-bond acceptors (Lipinski definition) is 3. The van der Waals surface area contributed by atoms with Crippen molar-refractivity contribution >= 4 is 68.0 Å². The van der Waals surface area contributed by atoms with Crippen LogP contribution in [0.3, 0.4) is 0 Å². The Bertz CT molecular complexity index is 3390. The van der Waals surface area contributed by atoms with E-state index in [2.05, 4.69) is 248 Å². The van der Waals surface area contributed by atoms with Crippen LogP contribution >= 0.6 is 0 Å². The predicted octanol–water partition coefficient (Wildman–Crippen LogP) is 14.4. The van der Waals surface area contributed by atoms with Crippen LogP contribution in [0.5, 0.6) is 11.5 Å². The lowest BCUT2D eigenvalue weighted by Gasteiger charge is -2.40. The van der Waals surface area contributed by atoms with Crippen molar-refractivity contribution in [3.05, 3.63) is 236 Å². The minimum Gasteiger partial charge on any atom is -0.458 e. The van der Waals surface area contributed by atoms with Gasteiger partial charge in [0.2, 0.25) is 0 Å². The summed E-state index contributed by atoms with van der Waals surface area (Å²) in [4.78, 5) is 4.85. The Balaban J connectivity index is 0.989. The summed E-state index contributed by atoms with van der Waals surface area (Å²) in [5.74, 6) is 1.84. The summed E-state index contributed by atoms with van der Waals surface area (Å²) >= 11 is 0. The third-order valence-corrected chi connectivity index (χ3v) is 14.1. The number of anilines is 6. The Kier molecular flexibility index (Phi) is 8.35. The van der Waals surface area contributed by atoms with E-state index in [1.807, 2.05) is 0 Å². The Hall–Kier alpha value is -8.08. The van der Waals surface area contributed by atoms with Gasteiger partial charge in [0.1, 0.15) is 11.5 Å². The smallest absolute Gasteiger partial charge is 0.256 e. The summed E-state index contributed by atoms with van der Waals surface area (Å²) in [7, 11) is 0. The quantitative estimate of drug-likeness (QED) is 0.155. The van der Waals surface area contributed by atoms with E-state index in [0.29, 0.717) is 0 Å². The van der Waals surface area contributed by atoms with E-state index in [4.69, 9.17) is 4.74 Å². The summed E-state index contributed by atoms with van der Waals surface area (Å²) in [6, 6.07) is 81.8. The van der Waals surface area contributed by atoms with E-state index in [1.54, 1.807) is 0 Å². The maximum absolute atomic E-state index is 7.07. The van der Waals surface area contributed by atoms with Gasteiger partial charge in [0.05, 0.1) is 5.69 Å². The van der Waals surface area contributed by atoms with Crippen LogP contribution in [0, 0.1) is 0 Å². The molecule has 0 bridgehead atoms. The van der Waals surface area contributed by atoms with E-state index in [9.17, 15) is 0 Å². The fraction of sp³-hybridized carbons (Fsp3) is 0.0492. The first-order chi connectivity index (χ1) is 32.0. The molecule has 0 saturated carbocycles. The highest BCUT2D eigenvalue weighted by atomic mass is 16.5. The van der Waals surface area contributed by atoms with Crippen LogP contribution in [0.4, 0.5) is 34.1 Å². The number of fused-ring (bicyclic) bond motifs is 9. The molecule has 4 heteroatoms. The summed E-state index contributed by atoms with van der Waals surface area (Å²) in [6.45, 7) is 4.84. The first-order valence-electron chi connectivity index (χ1n) is 22.6. The largest absolute Gasteiger partial charge is 0.458 e. The van der Waals surface area contributed by atoms with E-state index >= 15 is 0 Å². The molecule has 1 aliphatic carbocycles. The third kappa shape index (κ3) is 5.77. The highest BCUT2D eigenvalue weighted by Crippen LogP contribution is 2.56. The van der Waals surface area contributed by atoms with Crippen LogP contribution in [-0.2, 0) is 5.41 Å². The molecule has 0 saturated heterocycles. The predicted molar refractivity (Wildman–Crippen MR) is 273 cm³/mol. The second-order valence-corrected chi connectivity index (χ2v) is 18.0. The first kappa shape index (κ1) is 37.5. The van der Waals surface area contributed by atoms with Crippen molar-refractivity contribution in [2.45, 2.75) is 19.3 Å². The summed E-state index contributed by atoms with van der Waals surface area (Å²) in [5.41, 5.74) is 20.2. The second kappa shape index (κ2) is 14.5. The Morgan fingerprint density at radius 3 is 1.66 bits per heavy atom. The van der Waals surface area contributed by atoms with Crippen molar-refractivity contribution in [3.8, 4) is 44.9 Å². The van der Waals surface area contributed by atoms with Gasteiger partial charge >= 0.3 is 0 Å². The topological polar surface area (TPSA) is 15.7 Å². The fourth-order valence-corrected chi connectivity index (χ4v) is 11.0. The van der Waals surface area contributed by atoms with Crippen molar-refractivity contribution in [3.63, 3.8) is 0 Å². The molecule has 0 aromatic heterocycles. The molecular weight excluding hydrogens is 787 g/mol. The minimum atomic E-state index is -0.317. The van der Waals surface area contributed by atoms with E-state index in [1.165, 1.54) is 77.4 Å². The van der Waals surface area contributed by atoms with E-state index in [-0.39, 0.29) is 12.1 Å². The average molecular weight is 831 g/mol. The molecule has 0 fully saturated rings. The highest BCUT2D eigenvalue weighted by molar-refractivity contribution is 6.99. The zero-order valence-corrected chi connectivity index (χ0v) is 36.2. The fourth-order valence-electron chi connectivity index (χ4n) is 11.0. The SMILES string of the molecule is CC1(C)c2cc3c(cc2-c2c1cc(N(c1ccc(-c4ccccc4)cc1)c1ccc(-c4ccccc4)cc1)c1ccccc21)Oc1cccc2c1B3c1ccccc1N2c1ccccc1. The molecule has 3 nitrogen and oxygen atoms in total. The molecule has 2 heterocycles. The van der Waals surface area contributed by atoms with Gasteiger partial charge in [0.25, 0.3) is 6.71 Å². The summed E-state index contributed by atoms with van der Waals surface area (Å²) in [5, 5.41) is 2.43. The van der Waals surface area contributed by atoms with Gasteiger partial charge in [-0.05, 0) is 133 Å². The lowest BCUT2D eigenvalue weighted by atomic mass is 9.34. The van der Waals surface area contributed by atoms with Crippen molar-refractivity contribution in [2.75, 3.05) is 9.80 Å². The molecule has 10 aromatic rings. The molecule has 3 aliphatic rings. The number of benzene rings is 10. The van der Waals surface area contributed by atoms with Crippen LogP contribution < -0.4 is 30.9 Å². The molecule has 65 heavy (non-hydrogen) atoms. The maximum Gasteiger partial charge on any atom is 0.256 e. The molecule has 2 aliphatic heterocycles. The van der Waals surface area contributed by atoms with Crippen molar-refractivity contribution in [1.82, 2.24) is 0 Å². The van der Waals surface area contributed by atoms with E-state index in [0.717, 1.165) is 39.9 Å². The molecule has 10 aromatic carbocycles. The summed E-state index contributed by atoms with van der Waals surface area (Å²) < 4.78 is 7.07. The number of nitrogens with zero attached hydrogens (tertiary/aromatic N) is 2. The number of hydrogen-bond donors (Lipinski definition) is 0. The molecule has 13 rings (SSSR count). The van der Waals surface area contributed by atoms with Gasteiger partial charge in [-0.2, -0.15) is 0 Å². The molecular formula is C61H43BN2O. The first-order valence-corrected chi connectivity index (χ1v) is 22.6. The van der Waals surface area contributed by atoms with Crippen LogP contribution in [0.25, 0.3) is 44.2 Å². The van der Waals surface area contributed by atoms with Crippen molar-refractivity contribution < 1.29 is 4.74 Å². The molecule has 0 N–H and O–H groups in total. The lowest BCUT2D eigenvalue weighted by Crippen LogP contribution is -2.59. The zero-order valence-electron chi connectivity index (χ0n) is 36.2. The average Bonchev–Trinajstić information content (AvgIpc) is 3.59. The molecule has 0 atom stereocenters. The number of rotatable bonds is 6. The molecule has 306 valence electrons. The number of ether oxygens (including phenoxy) is 1. The van der Waals surface area contributed by atoms with Crippen LogP contribution in [0.1, 0.15) is 25.0 Å². The Morgan fingerprint density at radius 1 is 0.446 bits per heavy atom. The number of para-hydroxylation sites is 2. The highest BCUT2D eigenvalue weighted by Gasteiger charge is 2.45.